The van der Waals surface area contributed by atoms with Crippen LogP contribution in [-0.2, 0) is 0 Å². The number of H-pyrrole nitrogens is 1. The molecule has 4 heterocycles. The maximum Gasteiger partial charge on any atom is 0.288 e. The highest BCUT2D eigenvalue weighted by Crippen LogP contribution is 2.43. The summed E-state index contributed by atoms with van der Waals surface area (Å²) in [6, 6.07) is 6.55. The second-order valence-corrected chi connectivity index (χ2v) is 8.31. The molecule has 8 heteroatoms. The van der Waals surface area contributed by atoms with Crippen LogP contribution < -0.4 is 21.3 Å². The van der Waals surface area contributed by atoms with Gasteiger partial charge in [0.25, 0.3) is 5.56 Å². The molecule has 4 aromatic rings. The van der Waals surface area contributed by atoms with Gasteiger partial charge in [0, 0.05) is 29.2 Å². The van der Waals surface area contributed by atoms with Crippen LogP contribution in [0.3, 0.4) is 0 Å². The molecule has 0 aliphatic carbocycles. The monoisotopic (exact) mass is 395 g/mol. The molecule has 1 aliphatic heterocycles. The molecule has 7 nitrogen and oxygen atoms in total. The first-order chi connectivity index (χ1) is 13.6. The van der Waals surface area contributed by atoms with Crippen LogP contribution in [0.25, 0.3) is 31.4 Å². The molecule has 0 spiro atoms. The van der Waals surface area contributed by atoms with Crippen LogP contribution in [0, 0.1) is 6.92 Å². The summed E-state index contributed by atoms with van der Waals surface area (Å²) in [4.78, 5) is 13.7. The zero-order valence-corrected chi connectivity index (χ0v) is 16.5. The quantitative estimate of drug-likeness (QED) is 0.495. The summed E-state index contributed by atoms with van der Waals surface area (Å²) >= 11 is 1.65. The average molecular weight is 395 g/mol. The molecule has 1 saturated heterocycles. The van der Waals surface area contributed by atoms with Crippen molar-refractivity contribution in [3.8, 4) is 16.2 Å². The summed E-state index contributed by atoms with van der Waals surface area (Å²) in [5.74, 6) is 1.20. The van der Waals surface area contributed by atoms with Crippen molar-refractivity contribution in [2.75, 3.05) is 25.9 Å². The van der Waals surface area contributed by atoms with Crippen LogP contribution in [-0.4, -0.2) is 35.0 Å². The Hall–Kier alpha value is -2.84. The standard InChI is InChI=1S/C20H21N5O2S/c1-10-5-11-7-15(28-18(11)14(6-10)27-2)13-9-25(12-3-4-22-8-12)17-16(13)19(21)23-24-20(17)26/h5-7,9,12,22H,3-4,8H2,1-2H3,(H2,21,23)(H,24,26)/t12-/m0/s1. The van der Waals surface area contributed by atoms with E-state index in [1.165, 1.54) is 0 Å². The first-order valence-corrected chi connectivity index (χ1v) is 10.1. The van der Waals surface area contributed by atoms with Gasteiger partial charge in [-0.15, -0.1) is 11.3 Å². The van der Waals surface area contributed by atoms with E-state index in [2.05, 4.69) is 45.3 Å². The van der Waals surface area contributed by atoms with Gasteiger partial charge in [-0.25, -0.2) is 5.10 Å². The average Bonchev–Trinajstić information content (AvgIpc) is 3.40. The van der Waals surface area contributed by atoms with E-state index in [9.17, 15) is 4.79 Å². The van der Waals surface area contributed by atoms with Gasteiger partial charge in [0.2, 0.25) is 0 Å². The largest absolute Gasteiger partial charge is 0.495 e. The third-order valence-corrected chi connectivity index (χ3v) is 6.62. The number of benzene rings is 1. The van der Waals surface area contributed by atoms with Crippen LogP contribution in [0.15, 0.2) is 29.2 Å². The number of ether oxygens (including phenoxy) is 1. The van der Waals surface area contributed by atoms with Crippen LogP contribution in [0.1, 0.15) is 18.0 Å². The smallest absolute Gasteiger partial charge is 0.288 e. The Morgan fingerprint density at radius 3 is 2.96 bits per heavy atom. The molecule has 5 rings (SSSR count). The molecule has 144 valence electrons. The summed E-state index contributed by atoms with van der Waals surface area (Å²) in [5.41, 5.74) is 8.69. The number of nitrogens with zero attached hydrogens (tertiary/aromatic N) is 2. The molecular formula is C20H21N5O2S. The Bertz CT molecular complexity index is 1260. The molecule has 3 aromatic heterocycles. The van der Waals surface area contributed by atoms with Crippen LogP contribution in [0.4, 0.5) is 5.82 Å². The lowest BCUT2D eigenvalue weighted by Gasteiger charge is -2.11. The number of hydrogen-bond donors (Lipinski definition) is 3. The van der Waals surface area contributed by atoms with Crippen LogP contribution in [0.2, 0.25) is 0 Å². The van der Waals surface area contributed by atoms with Gasteiger partial charge in [-0.1, -0.05) is 6.07 Å². The van der Waals surface area contributed by atoms with Crippen molar-refractivity contribution in [2.24, 2.45) is 0 Å². The third-order valence-electron chi connectivity index (χ3n) is 5.42. The van der Waals surface area contributed by atoms with E-state index in [4.69, 9.17) is 10.5 Å². The number of rotatable bonds is 3. The van der Waals surface area contributed by atoms with E-state index in [0.29, 0.717) is 11.3 Å². The first kappa shape index (κ1) is 17.3. The van der Waals surface area contributed by atoms with E-state index in [1.54, 1.807) is 18.4 Å². The number of fused-ring (bicyclic) bond motifs is 2. The predicted molar refractivity (Wildman–Crippen MR) is 113 cm³/mol. The second-order valence-electron chi connectivity index (χ2n) is 7.25. The molecule has 1 fully saturated rings. The van der Waals surface area contributed by atoms with Gasteiger partial charge in [0.15, 0.2) is 5.82 Å². The van der Waals surface area contributed by atoms with E-state index in [1.807, 2.05) is 6.07 Å². The summed E-state index contributed by atoms with van der Waals surface area (Å²) in [6.45, 7) is 3.83. The normalized spacial score (nSPS) is 17.0. The SMILES string of the molecule is COc1cc(C)cc2cc(-c3cn([C@H]4CCNC4)c4c(=O)[nH]nc(N)c34)sc12. The second kappa shape index (κ2) is 6.35. The van der Waals surface area contributed by atoms with Crippen molar-refractivity contribution in [3.63, 3.8) is 0 Å². The Kier molecular flexibility index (Phi) is 3.92. The summed E-state index contributed by atoms with van der Waals surface area (Å²) in [6.07, 6.45) is 3.03. The maximum atomic E-state index is 12.6. The van der Waals surface area contributed by atoms with Crippen molar-refractivity contribution >= 4 is 38.1 Å². The highest BCUT2D eigenvalue weighted by atomic mass is 32.1. The van der Waals surface area contributed by atoms with Gasteiger partial charge in [0.1, 0.15) is 11.3 Å². The predicted octanol–water partition coefficient (Wildman–Crippen LogP) is 3.04. The van der Waals surface area contributed by atoms with Crippen molar-refractivity contribution in [1.29, 1.82) is 0 Å². The minimum Gasteiger partial charge on any atom is -0.495 e. The number of aromatic nitrogens is 3. The fraction of sp³-hybridized carbons (Fsp3) is 0.300. The topological polar surface area (TPSA) is 98.0 Å². The van der Waals surface area contributed by atoms with E-state index in [0.717, 1.165) is 56.7 Å². The van der Waals surface area contributed by atoms with E-state index < -0.39 is 0 Å². The zero-order valence-electron chi connectivity index (χ0n) is 15.7. The molecular weight excluding hydrogens is 374 g/mol. The minimum absolute atomic E-state index is 0.211. The van der Waals surface area contributed by atoms with Crippen LogP contribution in [0.5, 0.6) is 5.75 Å². The van der Waals surface area contributed by atoms with Gasteiger partial charge in [0.05, 0.1) is 17.2 Å². The molecule has 0 radical (unpaired) electrons. The Balaban J connectivity index is 1.81. The number of hydrogen-bond acceptors (Lipinski definition) is 6. The summed E-state index contributed by atoms with van der Waals surface area (Å²) in [5, 5.41) is 11.8. The number of nitrogen functional groups attached to an aromatic ring is 1. The molecule has 28 heavy (non-hydrogen) atoms. The van der Waals surface area contributed by atoms with Crippen LogP contribution >= 0.6 is 11.3 Å². The number of aryl methyl sites for hydroxylation is 1. The lowest BCUT2D eigenvalue weighted by Crippen LogP contribution is -2.18. The number of anilines is 1. The Morgan fingerprint density at radius 1 is 1.36 bits per heavy atom. The van der Waals surface area contributed by atoms with Gasteiger partial charge in [-0.3, -0.25) is 4.79 Å². The first-order valence-electron chi connectivity index (χ1n) is 9.24. The Labute approximate surface area is 165 Å². The maximum absolute atomic E-state index is 12.6. The molecule has 0 saturated carbocycles. The van der Waals surface area contributed by atoms with Crippen molar-refractivity contribution in [2.45, 2.75) is 19.4 Å². The number of methoxy groups -OCH3 is 1. The number of thiophene rings is 1. The number of nitrogens with two attached hydrogens (primary N) is 1. The summed E-state index contributed by atoms with van der Waals surface area (Å²) in [7, 11) is 1.69. The van der Waals surface area contributed by atoms with Gasteiger partial charge < -0.3 is 20.4 Å². The molecule has 1 aliphatic rings. The van der Waals surface area contributed by atoms with Gasteiger partial charge >= 0.3 is 0 Å². The molecule has 4 N–H and O–H groups in total. The minimum atomic E-state index is -0.211. The molecule has 1 atom stereocenters. The zero-order chi connectivity index (χ0) is 19.4. The fourth-order valence-electron chi connectivity index (χ4n) is 4.13. The molecule has 0 amide bonds. The molecule has 0 bridgehead atoms. The number of nitrogens with one attached hydrogen (secondary N) is 2. The van der Waals surface area contributed by atoms with Crippen molar-refractivity contribution in [1.82, 2.24) is 20.1 Å². The van der Waals surface area contributed by atoms with E-state index in [-0.39, 0.29) is 11.6 Å². The van der Waals surface area contributed by atoms with Gasteiger partial charge in [-0.05, 0) is 43.0 Å². The van der Waals surface area contributed by atoms with Crippen molar-refractivity contribution in [3.05, 3.63) is 40.3 Å². The Morgan fingerprint density at radius 2 is 2.21 bits per heavy atom. The number of aromatic amines is 1. The lowest BCUT2D eigenvalue weighted by atomic mass is 10.1. The highest BCUT2D eigenvalue weighted by molar-refractivity contribution is 7.22. The highest BCUT2D eigenvalue weighted by Gasteiger charge is 2.25. The third kappa shape index (κ3) is 2.52. The van der Waals surface area contributed by atoms with Crippen molar-refractivity contribution < 1.29 is 4.74 Å². The molecule has 1 aromatic carbocycles. The lowest BCUT2D eigenvalue weighted by molar-refractivity contribution is 0.420. The summed E-state index contributed by atoms with van der Waals surface area (Å²) < 4.78 is 8.73. The fourth-order valence-corrected chi connectivity index (χ4v) is 5.28. The van der Waals surface area contributed by atoms with Gasteiger partial charge in [-0.2, -0.15) is 5.10 Å². The van der Waals surface area contributed by atoms with E-state index >= 15 is 0 Å². The molecule has 0 unspecified atom stereocenters.